The van der Waals surface area contributed by atoms with Crippen molar-refractivity contribution < 1.29 is 9.18 Å². The summed E-state index contributed by atoms with van der Waals surface area (Å²) in [5.41, 5.74) is 5.22. The molecule has 1 amide bonds. The highest BCUT2D eigenvalue weighted by molar-refractivity contribution is 6.29. The topological polar surface area (TPSA) is 64.0 Å². The maximum Gasteiger partial charge on any atom is 0.251 e. The molecular weight excluding hydrogens is 393 g/mol. The largest absolute Gasteiger partial charge is 0.326 e. The van der Waals surface area contributed by atoms with Gasteiger partial charge in [-0.1, -0.05) is 17.7 Å². The Morgan fingerprint density at radius 2 is 1.97 bits per heavy atom. The van der Waals surface area contributed by atoms with Gasteiger partial charge in [0.25, 0.3) is 5.56 Å². The third-order valence-electron chi connectivity index (χ3n) is 5.30. The number of nitrogens with one attached hydrogen (secondary N) is 1. The molecule has 1 N–H and O–H groups in total. The first-order valence-electron chi connectivity index (χ1n) is 9.28. The first kappa shape index (κ1) is 19.3. The van der Waals surface area contributed by atoms with E-state index < -0.39 is 6.67 Å². The highest BCUT2D eigenvalue weighted by Gasteiger charge is 2.20. The van der Waals surface area contributed by atoms with Crippen LogP contribution in [0, 0.1) is 6.92 Å². The number of hydrogen-bond acceptors (Lipinski definition) is 3. The van der Waals surface area contributed by atoms with Gasteiger partial charge in [-0.3, -0.25) is 19.1 Å². The summed E-state index contributed by atoms with van der Waals surface area (Å²) in [6.07, 6.45) is 4.43. The molecule has 5 nitrogen and oxygen atoms in total. The molecule has 0 fully saturated rings. The molecule has 148 valence electrons. The molecule has 0 radical (unpaired) electrons. The van der Waals surface area contributed by atoms with Crippen LogP contribution < -0.4 is 10.9 Å². The van der Waals surface area contributed by atoms with E-state index in [0.29, 0.717) is 29.2 Å². The Hall–Kier alpha value is -2.99. The van der Waals surface area contributed by atoms with Gasteiger partial charge in [0, 0.05) is 36.1 Å². The number of aromatic nitrogens is 2. The maximum absolute atomic E-state index is 13.8. The van der Waals surface area contributed by atoms with Gasteiger partial charge < -0.3 is 5.32 Å². The van der Waals surface area contributed by atoms with Gasteiger partial charge in [-0.25, -0.2) is 4.39 Å². The lowest BCUT2D eigenvalue weighted by Crippen LogP contribution is -2.20. The smallest absolute Gasteiger partial charge is 0.251 e. The van der Waals surface area contributed by atoms with Crippen LogP contribution in [0.4, 0.5) is 10.1 Å². The highest BCUT2D eigenvalue weighted by atomic mass is 35.5. The molecule has 0 saturated carbocycles. The van der Waals surface area contributed by atoms with Crippen LogP contribution in [0.5, 0.6) is 0 Å². The number of amides is 1. The van der Waals surface area contributed by atoms with Crippen molar-refractivity contribution in [1.82, 2.24) is 9.55 Å². The SMILES string of the molecule is Cc1c(Cn2c(Cl)cccc2=O)cncc1-c1cc2c(cc1CF)NC(=O)CC2. The zero-order chi connectivity index (χ0) is 20.5. The third kappa shape index (κ3) is 3.68. The molecule has 0 spiro atoms. The second kappa shape index (κ2) is 7.79. The number of hydrogen-bond donors (Lipinski definition) is 1. The number of rotatable bonds is 4. The summed E-state index contributed by atoms with van der Waals surface area (Å²) in [5, 5.41) is 3.15. The zero-order valence-corrected chi connectivity index (χ0v) is 16.6. The lowest BCUT2D eigenvalue weighted by molar-refractivity contribution is -0.116. The molecule has 3 aromatic rings. The van der Waals surface area contributed by atoms with E-state index in [1.807, 2.05) is 13.0 Å². The lowest BCUT2D eigenvalue weighted by atomic mass is 9.91. The highest BCUT2D eigenvalue weighted by Crippen LogP contribution is 2.35. The lowest BCUT2D eigenvalue weighted by Gasteiger charge is -2.21. The predicted molar refractivity (Wildman–Crippen MR) is 111 cm³/mol. The molecule has 4 rings (SSSR count). The average molecular weight is 412 g/mol. The van der Waals surface area contributed by atoms with E-state index in [1.54, 1.807) is 30.6 Å². The van der Waals surface area contributed by atoms with Crippen molar-refractivity contribution >= 4 is 23.2 Å². The summed E-state index contributed by atoms with van der Waals surface area (Å²) in [4.78, 5) is 28.2. The Labute approximate surface area is 172 Å². The van der Waals surface area contributed by atoms with E-state index in [2.05, 4.69) is 10.3 Å². The first-order valence-corrected chi connectivity index (χ1v) is 9.66. The number of fused-ring (bicyclic) bond motifs is 1. The fourth-order valence-electron chi connectivity index (χ4n) is 3.65. The number of benzene rings is 1. The van der Waals surface area contributed by atoms with Crippen LogP contribution in [0.3, 0.4) is 0 Å². The van der Waals surface area contributed by atoms with Gasteiger partial charge in [0.1, 0.15) is 11.8 Å². The van der Waals surface area contributed by atoms with E-state index in [4.69, 9.17) is 11.6 Å². The second-order valence-corrected chi connectivity index (χ2v) is 7.48. The van der Waals surface area contributed by atoms with Crippen molar-refractivity contribution in [3.05, 3.63) is 80.5 Å². The van der Waals surface area contributed by atoms with Crippen LogP contribution in [0.2, 0.25) is 5.15 Å². The van der Waals surface area contributed by atoms with Gasteiger partial charge in [-0.05, 0) is 59.4 Å². The first-order chi connectivity index (χ1) is 14.0. The number of carbonyl (C=O) groups excluding carboxylic acids is 1. The molecule has 7 heteroatoms. The molecule has 0 bridgehead atoms. The van der Waals surface area contributed by atoms with Gasteiger partial charge >= 0.3 is 0 Å². The Morgan fingerprint density at radius 3 is 2.72 bits per heavy atom. The van der Waals surface area contributed by atoms with Crippen molar-refractivity contribution in [2.75, 3.05) is 5.32 Å². The van der Waals surface area contributed by atoms with E-state index in [-0.39, 0.29) is 18.0 Å². The molecule has 0 atom stereocenters. The van der Waals surface area contributed by atoms with Crippen LogP contribution in [0.15, 0.2) is 47.5 Å². The monoisotopic (exact) mass is 411 g/mol. The van der Waals surface area contributed by atoms with E-state index >= 15 is 0 Å². The number of anilines is 1. The van der Waals surface area contributed by atoms with Crippen molar-refractivity contribution in [2.45, 2.75) is 33.0 Å². The predicted octanol–water partition coefficient (Wildman–Crippen LogP) is 4.27. The normalized spacial score (nSPS) is 13.1. The van der Waals surface area contributed by atoms with Crippen molar-refractivity contribution in [3.8, 4) is 11.1 Å². The Bertz CT molecular complexity index is 1170. The van der Waals surface area contributed by atoms with Crippen LogP contribution in [0.25, 0.3) is 11.1 Å². The van der Waals surface area contributed by atoms with Gasteiger partial charge in [-0.2, -0.15) is 0 Å². The maximum atomic E-state index is 13.8. The van der Waals surface area contributed by atoms with Crippen LogP contribution >= 0.6 is 11.6 Å². The molecule has 1 aliphatic heterocycles. The number of aryl methyl sites for hydroxylation is 1. The summed E-state index contributed by atoms with van der Waals surface area (Å²) >= 11 is 6.19. The standard InChI is InChI=1S/C22H19ClFN3O2/c1-13-16(12-27-20(23)3-2-4-22(27)29)10-25-11-18(13)17-7-14-5-6-21(28)26-19(14)8-15(17)9-24/h2-4,7-8,10-11H,5-6,9,12H2,1H3,(H,26,28). The fourth-order valence-corrected chi connectivity index (χ4v) is 3.87. The molecule has 1 aromatic carbocycles. The summed E-state index contributed by atoms with van der Waals surface area (Å²) in [7, 11) is 0. The summed E-state index contributed by atoms with van der Waals surface area (Å²) < 4.78 is 15.3. The average Bonchev–Trinajstić information content (AvgIpc) is 2.71. The van der Waals surface area contributed by atoms with Crippen LogP contribution in [0.1, 0.15) is 28.7 Å². The Balaban J connectivity index is 1.80. The molecule has 0 saturated heterocycles. The fraction of sp³-hybridized carbons (Fsp3) is 0.227. The Kier molecular flexibility index (Phi) is 5.20. The molecule has 3 heterocycles. The number of alkyl halides is 1. The Morgan fingerprint density at radius 1 is 1.14 bits per heavy atom. The summed E-state index contributed by atoms with van der Waals surface area (Å²) in [6, 6.07) is 8.36. The van der Waals surface area contributed by atoms with Gasteiger partial charge in [0.05, 0.1) is 6.54 Å². The van der Waals surface area contributed by atoms with E-state index in [9.17, 15) is 14.0 Å². The number of halogens is 2. The molecule has 2 aromatic heterocycles. The second-order valence-electron chi connectivity index (χ2n) is 7.09. The quantitative estimate of drug-likeness (QED) is 0.652. The minimum atomic E-state index is -0.661. The molecule has 0 unspecified atom stereocenters. The molecule has 0 aliphatic carbocycles. The number of nitrogens with zero attached hydrogens (tertiary/aromatic N) is 2. The number of carbonyl (C=O) groups is 1. The zero-order valence-electron chi connectivity index (χ0n) is 15.8. The van der Waals surface area contributed by atoms with Crippen LogP contribution in [-0.4, -0.2) is 15.5 Å². The van der Waals surface area contributed by atoms with Crippen molar-refractivity contribution in [1.29, 1.82) is 0 Å². The van der Waals surface area contributed by atoms with Crippen molar-refractivity contribution in [2.24, 2.45) is 0 Å². The summed E-state index contributed by atoms with van der Waals surface area (Å²) in [6.45, 7) is 1.54. The number of pyridine rings is 2. The third-order valence-corrected chi connectivity index (χ3v) is 5.63. The van der Waals surface area contributed by atoms with Gasteiger partial charge in [0.15, 0.2) is 0 Å². The van der Waals surface area contributed by atoms with E-state index in [1.165, 1.54) is 10.6 Å². The molecular formula is C22H19ClFN3O2. The van der Waals surface area contributed by atoms with Gasteiger partial charge in [-0.15, -0.1) is 0 Å². The molecule has 29 heavy (non-hydrogen) atoms. The molecule has 1 aliphatic rings. The minimum absolute atomic E-state index is 0.0555. The summed E-state index contributed by atoms with van der Waals surface area (Å²) in [5.74, 6) is -0.0555. The van der Waals surface area contributed by atoms with E-state index in [0.717, 1.165) is 27.8 Å². The van der Waals surface area contributed by atoms with Gasteiger partial charge in [0.2, 0.25) is 5.91 Å². The minimum Gasteiger partial charge on any atom is -0.326 e. The van der Waals surface area contributed by atoms with Crippen molar-refractivity contribution in [3.63, 3.8) is 0 Å². The van der Waals surface area contributed by atoms with Crippen LogP contribution in [-0.2, 0) is 24.4 Å².